The molecule has 1 aromatic carbocycles. The van der Waals surface area contributed by atoms with Crippen LogP contribution in [0.4, 0.5) is 17.2 Å². The molecule has 152 valence electrons. The predicted octanol–water partition coefficient (Wildman–Crippen LogP) is 4.11. The van der Waals surface area contributed by atoms with E-state index < -0.39 is 0 Å². The van der Waals surface area contributed by atoms with Crippen LogP contribution in [0.25, 0.3) is 21.9 Å². The first kappa shape index (κ1) is 19.6. The van der Waals surface area contributed by atoms with Crippen molar-refractivity contribution in [2.45, 2.75) is 33.2 Å². The van der Waals surface area contributed by atoms with Crippen molar-refractivity contribution in [3.05, 3.63) is 42.4 Å². The van der Waals surface area contributed by atoms with Crippen LogP contribution >= 0.6 is 0 Å². The van der Waals surface area contributed by atoms with Gasteiger partial charge in [0.05, 0.1) is 29.8 Å². The minimum Gasteiger partial charge on any atom is -0.398 e. The van der Waals surface area contributed by atoms with Crippen LogP contribution in [0.1, 0.15) is 25.8 Å². The summed E-state index contributed by atoms with van der Waals surface area (Å²) in [6.45, 7) is 6.23. The molecule has 2 aromatic heterocycles. The number of pyridine rings is 2. The molecule has 4 N–H and O–H groups in total. The van der Waals surface area contributed by atoms with Gasteiger partial charge in [-0.3, -0.25) is 9.78 Å². The summed E-state index contributed by atoms with van der Waals surface area (Å²) in [6, 6.07) is 8.20. The van der Waals surface area contributed by atoms with Gasteiger partial charge in [-0.2, -0.15) is 5.26 Å². The molecule has 0 bridgehead atoms. The van der Waals surface area contributed by atoms with E-state index >= 15 is 0 Å². The molecule has 0 spiro atoms. The molecular weight excluding hydrogens is 376 g/mol. The molecule has 1 unspecified atom stereocenters. The first-order valence-corrected chi connectivity index (χ1v) is 9.98. The van der Waals surface area contributed by atoms with Crippen molar-refractivity contribution in [2.75, 3.05) is 16.4 Å². The summed E-state index contributed by atoms with van der Waals surface area (Å²) in [5.74, 6) is -0.133. The molecule has 0 saturated heterocycles. The summed E-state index contributed by atoms with van der Waals surface area (Å²) in [6.07, 6.45) is 5.94. The zero-order chi connectivity index (χ0) is 21.4. The Hall–Kier alpha value is -3.66. The highest BCUT2D eigenvalue weighted by Crippen LogP contribution is 2.39. The molecule has 1 amide bonds. The second-order valence-electron chi connectivity index (χ2n) is 8.08. The maximum absolute atomic E-state index is 12.3. The van der Waals surface area contributed by atoms with E-state index in [2.05, 4.69) is 47.4 Å². The highest BCUT2D eigenvalue weighted by molar-refractivity contribution is 6.00. The van der Waals surface area contributed by atoms with Crippen molar-refractivity contribution in [1.82, 2.24) is 9.97 Å². The van der Waals surface area contributed by atoms with Crippen molar-refractivity contribution in [3.8, 4) is 17.2 Å². The van der Waals surface area contributed by atoms with Crippen LogP contribution in [0.3, 0.4) is 0 Å². The van der Waals surface area contributed by atoms with Crippen molar-refractivity contribution in [1.29, 1.82) is 5.26 Å². The van der Waals surface area contributed by atoms with Crippen molar-refractivity contribution < 1.29 is 4.79 Å². The number of fused-ring (bicyclic) bond motifs is 1. The highest BCUT2D eigenvalue weighted by atomic mass is 16.2. The predicted molar refractivity (Wildman–Crippen MR) is 119 cm³/mol. The smallest absolute Gasteiger partial charge is 0.230 e. The standard InChI is InChI=1S/C23H24N6O/c1-12(2)28-21-11-26-9-18(13(21)3)14-4-15-7-22(27-10-19(15)20(25)6-14)29-23(30)17-5-16(17)8-24/h4,6-7,9-12,16-17,28H,5,25H2,1-3H3,(H,27,29,30)/t16?,17-/m1/s1. The molecule has 1 fully saturated rings. The number of nitrogens with two attached hydrogens (primary N) is 1. The van der Waals surface area contributed by atoms with Gasteiger partial charge < -0.3 is 16.4 Å². The Morgan fingerprint density at radius 2 is 2.07 bits per heavy atom. The third-order valence-electron chi connectivity index (χ3n) is 5.38. The SMILES string of the molecule is Cc1c(NC(C)C)cncc1-c1cc(N)c2cnc(NC(=O)[C@@H]3CC3C#N)cc2c1. The third kappa shape index (κ3) is 3.77. The zero-order valence-electron chi connectivity index (χ0n) is 17.2. The van der Waals surface area contributed by atoms with Gasteiger partial charge in [-0.05, 0) is 61.9 Å². The Morgan fingerprint density at radius 1 is 1.27 bits per heavy atom. The number of nitriles is 1. The molecule has 30 heavy (non-hydrogen) atoms. The summed E-state index contributed by atoms with van der Waals surface area (Å²) in [5, 5.41) is 16.9. The summed E-state index contributed by atoms with van der Waals surface area (Å²) < 4.78 is 0. The number of nitrogens with zero attached hydrogens (tertiary/aromatic N) is 3. The molecule has 4 rings (SSSR count). The summed E-state index contributed by atoms with van der Waals surface area (Å²) in [4.78, 5) is 21.0. The number of benzene rings is 1. The van der Waals surface area contributed by atoms with Gasteiger partial charge >= 0.3 is 0 Å². The van der Waals surface area contributed by atoms with Gasteiger partial charge in [-0.15, -0.1) is 0 Å². The van der Waals surface area contributed by atoms with Crippen LogP contribution in [0.5, 0.6) is 0 Å². The molecule has 2 atom stereocenters. The number of hydrogen-bond acceptors (Lipinski definition) is 6. The van der Waals surface area contributed by atoms with E-state index in [1.165, 1.54) is 0 Å². The van der Waals surface area contributed by atoms with Gasteiger partial charge in [-0.1, -0.05) is 0 Å². The quantitative estimate of drug-likeness (QED) is 0.555. The van der Waals surface area contributed by atoms with Crippen LogP contribution in [-0.2, 0) is 4.79 Å². The lowest BCUT2D eigenvalue weighted by atomic mass is 9.98. The lowest BCUT2D eigenvalue weighted by Gasteiger charge is -2.16. The fourth-order valence-corrected chi connectivity index (χ4v) is 3.63. The molecule has 1 aliphatic carbocycles. The minimum absolute atomic E-state index is 0.162. The Kier molecular flexibility index (Phi) is 5.00. The molecule has 7 heteroatoms. The summed E-state index contributed by atoms with van der Waals surface area (Å²) in [5.41, 5.74) is 10.9. The van der Waals surface area contributed by atoms with E-state index in [0.717, 1.165) is 33.2 Å². The largest absolute Gasteiger partial charge is 0.398 e. The van der Waals surface area contributed by atoms with Gasteiger partial charge in [0.2, 0.25) is 5.91 Å². The van der Waals surface area contributed by atoms with Crippen molar-refractivity contribution >= 4 is 33.9 Å². The number of nitrogen functional groups attached to an aromatic ring is 1. The molecule has 3 aromatic rings. The first-order chi connectivity index (χ1) is 14.4. The normalized spacial score (nSPS) is 17.6. The van der Waals surface area contributed by atoms with E-state index in [9.17, 15) is 4.79 Å². The molecule has 1 saturated carbocycles. The van der Waals surface area contributed by atoms with Crippen LogP contribution in [0.2, 0.25) is 0 Å². The number of aromatic nitrogens is 2. The van der Waals surface area contributed by atoms with Crippen molar-refractivity contribution in [3.63, 3.8) is 0 Å². The topological polar surface area (TPSA) is 117 Å². The number of hydrogen-bond donors (Lipinski definition) is 3. The third-order valence-corrected chi connectivity index (χ3v) is 5.38. The second kappa shape index (κ2) is 7.64. The van der Waals surface area contributed by atoms with Crippen LogP contribution in [0.15, 0.2) is 36.8 Å². The number of carbonyl (C=O) groups excluding carboxylic acids is 1. The Labute approximate surface area is 175 Å². The van der Waals surface area contributed by atoms with Crippen LogP contribution in [0, 0.1) is 30.1 Å². The van der Waals surface area contributed by atoms with E-state index in [-0.39, 0.29) is 17.7 Å². The van der Waals surface area contributed by atoms with E-state index in [1.807, 2.05) is 30.6 Å². The van der Waals surface area contributed by atoms with Gasteiger partial charge in [0.25, 0.3) is 0 Å². The average molecular weight is 400 g/mol. The summed E-state index contributed by atoms with van der Waals surface area (Å²) >= 11 is 0. The minimum atomic E-state index is -0.242. The Bertz CT molecular complexity index is 1180. The van der Waals surface area contributed by atoms with Gasteiger partial charge in [0.15, 0.2) is 0 Å². The van der Waals surface area contributed by atoms with Gasteiger partial charge in [0, 0.05) is 35.1 Å². The molecule has 2 heterocycles. The average Bonchev–Trinajstić information content (AvgIpc) is 3.49. The van der Waals surface area contributed by atoms with E-state index in [1.54, 1.807) is 6.20 Å². The molecule has 1 aliphatic rings. The zero-order valence-corrected chi connectivity index (χ0v) is 17.2. The van der Waals surface area contributed by atoms with E-state index in [0.29, 0.717) is 24.0 Å². The fraction of sp³-hybridized carbons (Fsp3) is 0.304. The Balaban J connectivity index is 1.69. The second-order valence-corrected chi connectivity index (χ2v) is 8.08. The monoisotopic (exact) mass is 400 g/mol. The van der Waals surface area contributed by atoms with Crippen LogP contribution in [-0.4, -0.2) is 21.9 Å². The first-order valence-electron chi connectivity index (χ1n) is 9.98. The molecule has 7 nitrogen and oxygen atoms in total. The fourth-order valence-electron chi connectivity index (χ4n) is 3.63. The van der Waals surface area contributed by atoms with Gasteiger partial charge in [0.1, 0.15) is 5.82 Å². The maximum atomic E-state index is 12.3. The Morgan fingerprint density at radius 3 is 2.77 bits per heavy atom. The van der Waals surface area contributed by atoms with Crippen molar-refractivity contribution in [2.24, 2.45) is 11.8 Å². The number of nitrogens with one attached hydrogen (secondary N) is 2. The molecule has 0 radical (unpaired) electrons. The van der Waals surface area contributed by atoms with Crippen LogP contribution < -0.4 is 16.4 Å². The lowest BCUT2D eigenvalue weighted by Crippen LogP contribution is -2.15. The number of carbonyl (C=O) groups is 1. The summed E-state index contributed by atoms with van der Waals surface area (Å²) in [7, 11) is 0. The highest BCUT2D eigenvalue weighted by Gasteiger charge is 2.43. The lowest BCUT2D eigenvalue weighted by molar-refractivity contribution is -0.117. The number of amides is 1. The molecule has 0 aliphatic heterocycles. The van der Waals surface area contributed by atoms with Gasteiger partial charge in [-0.25, -0.2) is 4.98 Å². The van der Waals surface area contributed by atoms with E-state index in [4.69, 9.17) is 11.0 Å². The molecular formula is C23H24N6O. The number of rotatable bonds is 5. The maximum Gasteiger partial charge on any atom is 0.230 e. The number of anilines is 3.